The van der Waals surface area contributed by atoms with Crippen LogP contribution in [0, 0.1) is 11.8 Å². The minimum absolute atomic E-state index is 0.0630. The van der Waals surface area contributed by atoms with Crippen molar-refractivity contribution in [1.29, 1.82) is 0 Å². The quantitative estimate of drug-likeness (QED) is 0.419. The molecule has 0 bridgehead atoms. The summed E-state index contributed by atoms with van der Waals surface area (Å²) in [6.45, 7) is 9.88. The number of carbonyl (C=O) groups is 1. The fraction of sp³-hybridized carbons (Fsp3) is 0.367. The monoisotopic (exact) mass is 565 g/mol. The number of rotatable bonds is 6. The van der Waals surface area contributed by atoms with E-state index in [4.69, 9.17) is 0 Å². The SMILES string of the molecule is C=C(/C(=C\C=C(/C)NC(=O)c1cncc(C#CC2=CN(C)C3N=C(C)C=CN23)c1)CN1CCN(C)CC1)C(F)(F)F. The number of nitrogens with zero attached hydrogens (tertiary/aromatic N) is 6. The van der Waals surface area contributed by atoms with Crippen LogP contribution < -0.4 is 5.32 Å². The number of aromatic nitrogens is 1. The molecule has 3 aliphatic rings. The molecule has 1 atom stereocenters. The van der Waals surface area contributed by atoms with E-state index in [1.165, 1.54) is 18.3 Å². The van der Waals surface area contributed by atoms with E-state index in [0.29, 0.717) is 24.4 Å². The molecule has 0 spiro atoms. The maximum atomic E-state index is 13.5. The molecule has 0 saturated carbocycles. The number of allylic oxidation sites excluding steroid dienone is 5. The van der Waals surface area contributed by atoms with Crippen molar-refractivity contribution in [3.05, 3.63) is 89.3 Å². The molecule has 1 aromatic heterocycles. The molecule has 1 fully saturated rings. The summed E-state index contributed by atoms with van der Waals surface area (Å²) in [5, 5.41) is 2.72. The van der Waals surface area contributed by atoms with Crippen LogP contribution in [0.25, 0.3) is 0 Å². The lowest BCUT2D eigenvalue weighted by Crippen LogP contribution is -2.45. The van der Waals surface area contributed by atoms with Gasteiger partial charge in [-0.15, -0.1) is 0 Å². The standard InChI is InChI=1S/C30H34F3N7O/c1-21(6-8-25(23(3)30(31,32)33)19-39-14-12-37(4)13-15-39)35-28(41)26-16-24(17-34-18-26)7-9-27-20-38(5)29-36-22(2)10-11-40(27)29/h6,8,10-11,16-18,20,29H,3,12-15,19H2,1-2,4-5H3,(H,35,41)/b21-6+,25-8-. The molecule has 1 amide bonds. The van der Waals surface area contributed by atoms with Crippen LogP contribution in [0.1, 0.15) is 29.8 Å². The second kappa shape index (κ2) is 12.6. The molecule has 0 aromatic carbocycles. The van der Waals surface area contributed by atoms with E-state index in [1.807, 2.05) is 54.2 Å². The van der Waals surface area contributed by atoms with Gasteiger partial charge in [-0.1, -0.05) is 18.6 Å². The summed E-state index contributed by atoms with van der Waals surface area (Å²) in [4.78, 5) is 29.7. The number of halogens is 3. The third-order valence-electron chi connectivity index (χ3n) is 6.91. The number of piperazine rings is 1. The lowest BCUT2D eigenvalue weighted by molar-refractivity contribution is -0.0894. The van der Waals surface area contributed by atoms with Gasteiger partial charge in [-0.05, 0) is 50.6 Å². The first-order valence-electron chi connectivity index (χ1n) is 13.2. The van der Waals surface area contributed by atoms with E-state index in [-0.39, 0.29) is 24.0 Å². The van der Waals surface area contributed by atoms with Crippen molar-refractivity contribution in [3.63, 3.8) is 0 Å². The van der Waals surface area contributed by atoms with E-state index < -0.39 is 17.7 Å². The second-order valence-corrected chi connectivity index (χ2v) is 10.3. The molecular formula is C30H34F3N7O. The van der Waals surface area contributed by atoms with Crippen molar-refractivity contribution >= 4 is 11.6 Å². The predicted octanol–water partition coefficient (Wildman–Crippen LogP) is 3.72. The van der Waals surface area contributed by atoms with E-state index in [0.717, 1.165) is 24.5 Å². The van der Waals surface area contributed by atoms with Crippen molar-refractivity contribution in [2.75, 3.05) is 46.8 Å². The van der Waals surface area contributed by atoms with Gasteiger partial charge >= 0.3 is 6.18 Å². The van der Waals surface area contributed by atoms with Crippen LogP contribution >= 0.6 is 0 Å². The van der Waals surface area contributed by atoms with Gasteiger partial charge in [-0.2, -0.15) is 13.2 Å². The van der Waals surface area contributed by atoms with Gasteiger partial charge < -0.3 is 15.1 Å². The predicted molar refractivity (Wildman–Crippen MR) is 153 cm³/mol. The Kier molecular flexibility index (Phi) is 9.15. The third kappa shape index (κ3) is 7.74. The zero-order valence-electron chi connectivity index (χ0n) is 23.7. The van der Waals surface area contributed by atoms with Crippen LogP contribution in [0.4, 0.5) is 13.2 Å². The van der Waals surface area contributed by atoms with Gasteiger partial charge in [0.2, 0.25) is 6.29 Å². The molecule has 1 saturated heterocycles. The molecule has 4 rings (SSSR count). The Morgan fingerprint density at radius 2 is 1.90 bits per heavy atom. The number of hydrogen-bond acceptors (Lipinski definition) is 7. The van der Waals surface area contributed by atoms with Crippen molar-refractivity contribution < 1.29 is 18.0 Å². The molecule has 216 valence electrons. The number of fused-ring (bicyclic) bond motifs is 1. The highest BCUT2D eigenvalue weighted by Crippen LogP contribution is 2.30. The first kappa shape index (κ1) is 29.8. The number of nitrogens with one attached hydrogen (secondary N) is 1. The van der Waals surface area contributed by atoms with Crippen LogP contribution in [0.3, 0.4) is 0 Å². The summed E-state index contributed by atoms with van der Waals surface area (Å²) in [5.74, 6) is 5.72. The number of pyridine rings is 1. The van der Waals surface area contributed by atoms with Crippen LogP contribution in [0.2, 0.25) is 0 Å². The molecule has 1 aromatic rings. The highest BCUT2D eigenvalue weighted by Gasteiger charge is 2.34. The van der Waals surface area contributed by atoms with Gasteiger partial charge in [0.15, 0.2) is 0 Å². The smallest absolute Gasteiger partial charge is 0.339 e. The number of hydrogen-bond donors (Lipinski definition) is 1. The zero-order valence-corrected chi connectivity index (χ0v) is 23.7. The Morgan fingerprint density at radius 1 is 1.17 bits per heavy atom. The normalized spacial score (nSPS) is 20.2. The van der Waals surface area contributed by atoms with E-state index >= 15 is 0 Å². The highest BCUT2D eigenvalue weighted by atomic mass is 19.4. The Bertz CT molecular complexity index is 1400. The summed E-state index contributed by atoms with van der Waals surface area (Å²) in [5.41, 5.74) is 2.07. The molecule has 1 N–H and O–H groups in total. The third-order valence-corrected chi connectivity index (χ3v) is 6.91. The summed E-state index contributed by atoms with van der Waals surface area (Å²) >= 11 is 0. The average Bonchev–Trinajstić information content (AvgIpc) is 3.24. The highest BCUT2D eigenvalue weighted by molar-refractivity contribution is 5.95. The van der Waals surface area contributed by atoms with Crippen molar-refractivity contribution in [3.8, 4) is 11.8 Å². The molecular weight excluding hydrogens is 531 g/mol. The van der Waals surface area contributed by atoms with Crippen LogP contribution in [0.5, 0.6) is 0 Å². The lowest BCUT2D eigenvalue weighted by Gasteiger charge is -2.33. The second-order valence-electron chi connectivity index (χ2n) is 10.3. The lowest BCUT2D eigenvalue weighted by atomic mass is 10.1. The van der Waals surface area contributed by atoms with Crippen LogP contribution in [-0.4, -0.2) is 95.5 Å². The Labute approximate surface area is 238 Å². The fourth-order valence-corrected chi connectivity index (χ4v) is 4.43. The Morgan fingerprint density at radius 3 is 2.61 bits per heavy atom. The number of carbonyl (C=O) groups excluding carboxylic acids is 1. The van der Waals surface area contributed by atoms with E-state index in [2.05, 4.69) is 38.6 Å². The summed E-state index contributed by atoms with van der Waals surface area (Å²) in [7, 11) is 3.91. The number of likely N-dealkylation sites (N-methyl/N-ethyl adjacent to an activating group) is 1. The number of amides is 1. The van der Waals surface area contributed by atoms with Crippen LogP contribution in [0.15, 0.2) is 83.2 Å². The van der Waals surface area contributed by atoms with E-state index in [1.54, 1.807) is 19.2 Å². The molecule has 4 heterocycles. The van der Waals surface area contributed by atoms with Gasteiger partial charge in [-0.25, -0.2) is 4.99 Å². The average molecular weight is 566 g/mol. The summed E-state index contributed by atoms with van der Waals surface area (Å²) < 4.78 is 40.5. The van der Waals surface area contributed by atoms with Crippen molar-refractivity contribution in [2.45, 2.75) is 26.3 Å². The Balaban J connectivity index is 1.44. The molecule has 0 aliphatic carbocycles. The van der Waals surface area contributed by atoms with Crippen molar-refractivity contribution in [2.24, 2.45) is 4.99 Å². The summed E-state index contributed by atoms with van der Waals surface area (Å²) in [6, 6.07) is 1.62. The van der Waals surface area contributed by atoms with E-state index in [9.17, 15) is 18.0 Å². The van der Waals surface area contributed by atoms with Gasteiger partial charge in [0, 0.05) is 81.5 Å². The minimum Gasteiger partial charge on any atom is -0.339 e. The van der Waals surface area contributed by atoms with Gasteiger partial charge in [-0.3, -0.25) is 19.6 Å². The topological polar surface area (TPSA) is 67.3 Å². The van der Waals surface area contributed by atoms with Crippen molar-refractivity contribution in [1.82, 2.24) is 29.9 Å². The number of alkyl halides is 3. The van der Waals surface area contributed by atoms with Gasteiger partial charge in [0.05, 0.1) is 11.1 Å². The minimum atomic E-state index is -4.54. The molecule has 1 unspecified atom stereocenters. The first-order valence-corrected chi connectivity index (χ1v) is 13.2. The molecule has 8 nitrogen and oxygen atoms in total. The molecule has 41 heavy (non-hydrogen) atoms. The first-order chi connectivity index (χ1) is 19.4. The molecule has 11 heteroatoms. The van der Waals surface area contributed by atoms with Gasteiger partial charge in [0.25, 0.3) is 5.91 Å². The largest absolute Gasteiger partial charge is 0.416 e. The maximum absolute atomic E-state index is 13.5. The number of aliphatic imine (C=N–C) groups is 1. The molecule has 0 radical (unpaired) electrons. The van der Waals surface area contributed by atoms with Crippen LogP contribution in [-0.2, 0) is 0 Å². The van der Waals surface area contributed by atoms with Gasteiger partial charge in [0.1, 0.15) is 5.70 Å². The summed E-state index contributed by atoms with van der Waals surface area (Å²) in [6.07, 6.45) is 6.86. The maximum Gasteiger partial charge on any atom is 0.416 e. The molecule has 3 aliphatic heterocycles. The fourth-order valence-electron chi connectivity index (χ4n) is 4.43. The Hall–Kier alpha value is -4.14. The zero-order chi connectivity index (χ0) is 29.7.